The molecule has 0 spiro atoms. The van der Waals surface area contributed by atoms with Crippen molar-refractivity contribution < 1.29 is 9.53 Å². The van der Waals surface area contributed by atoms with E-state index in [4.69, 9.17) is 5.73 Å². The number of rotatable bonds is 2. The highest BCUT2D eigenvalue weighted by molar-refractivity contribution is 5.95. The molecule has 18 heavy (non-hydrogen) atoms. The molecule has 1 aromatic rings. The summed E-state index contributed by atoms with van der Waals surface area (Å²) in [5.41, 5.74) is 7.85. The van der Waals surface area contributed by atoms with Crippen molar-refractivity contribution in [2.75, 3.05) is 51.0 Å². The van der Waals surface area contributed by atoms with Crippen molar-refractivity contribution in [1.82, 2.24) is 4.90 Å². The van der Waals surface area contributed by atoms with E-state index in [-0.39, 0.29) is 0 Å². The number of piperazine rings is 1. The van der Waals surface area contributed by atoms with E-state index in [0.29, 0.717) is 11.3 Å². The van der Waals surface area contributed by atoms with Gasteiger partial charge >= 0.3 is 5.97 Å². The Morgan fingerprint density at radius 3 is 2.50 bits per heavy atom. The predicted molar refractivity (Wildman–Crippen MR) is 71.9 cm³/mol. The summed E-state index contributed by atoms with van der Waals surface area (Å²) in [4.78, 5) is 16.0. The Kier molecular flexibility index (Phi) is 3.72. The number of ether oxygens (including phenoxy) is 1. The number of esters is 1. The summed E-state index contributed by atoms with van der Waals surface area (Å²) in [6.07, 6.45) is 0. The number of nitrogens with two attached hydrogens (primary N) is 1. The van der Waals surface area contributed by atoms with Gasteiger partial charge in [0, 0.05) is 37.6 Å². The average Bonchev–Trinajstić information content (AvgIpc) is 2.38. The van der Waals surface area contributed by atoms with Gasteiger partial charge in [0.25, 0.3) is 0 Å². The number of methoxy groups -OCH3 is 1. The molecule has 0 saturated carbocycles. The number of nitrogens with zero attached hydrogens (tertiary/aromatic N) is 2. The van der Waals surface area contributed by atoms with E-state index in [1.807, 2.05) is 12.1 Å². The minimum absolute atomic E-state index is 0.391. The van der Waals surface area contributed by atoms with Crippen LogP contribution >= 0.6 is 0 Å². The molecule has 0 aromatic heterocycles. The SMILES string of the molecule is COC(=O)c1ccc(N2CCN(C)CC2)cc1N. The molecule has 0 radical (unpaired) electrons. The highest BCUT2D eigenvalue weighted by Gasteiger charge is 2.16. The van der Waals surface area contributed by atoms with Crippen LogP contribution in [0, 0.1) is 0 Å². The van der Waals surface area contributed by atoms with Gasteiger partial charge in [-0.1, -0.05) is 0 Å². The molecule has 0 unspecified atom stereocenters. The van der Waals surface area contributed by atoms with Gasteiger partial charge in [-0.15, -0.1) is 0 Å². The first-order chi connectivity index (χ1) is 8.61. The van der Waals surface area contributed by atoms with Crippen molar-refractivity contribution in [2.24, 2.45) is 0 Å². The molecule has 0 bridgehead atoms. The Morgan fingerprint density at radius 2 is 1.94 bits per heavy atom. The molecule has 0 atom stereocenters. The summed E-state index contributed by atoms with van der Waals surface area (Å²) in [6.45, 7) is 4.04. The van der Waals surface area contributed by atoms with Gasteiger partial charge in [0.1, 0.15) is 0 Å². The third-order valence-corrected chi connectivity index (χ3v) is 3.31. The van der Waals surface area contributed by atoms with Crippen LogP contribution in [0.3, 0.4) is 0 Å². The zero-order valence-corrected chi connectivity index (χ0v) is 10.8. The van der Waals surface area contributed by atoms with E-state index < -0.39 is 5.97 Å². The molecular weight excluding hydrogens is 230 g/mol. The Balaban J connectivity index is 2.16. The molecule has 1 aromatic carbocycles. The minimum Gasteiger partial charge on any atom is -0.465 e. The molecule has 1 aliphatic rings. The number of likely N-dealkylation sites (N-methyl/N-ethyl adjacent to an activating group) is 1. The van der Waals surface area contributed by atoms with Crippen LogP contribution in [0.2, 0.25) is 0 Å². The Hall–Kier alpha value is -1.75. The first-order valence-electron chi connectivity index (χ1n) is 6.03. The standard InChI is InChI=1S/C13H19N3O2/c1-15-5-7-16(8-6-15)10-3-4-11(12(14)9-10)13(17)18-2/h3-4,9H,5-8,14H2,1-2H3. The number of hydrogen-bond acceptors (Lipinski definition) is 5. The van der Waals surface area contributed by atoms with Crippen LogP contribution in [-0.2, 0) is 4.74 Å². The molecule has 2 N–H and O–H groups in total. The fourth-order valence-electron chi connectivity index (χ4n) is 2.11. The second kappa shape index (κ2) is 5.27. The molecule has 1 fully saturated rings. The minimum atomic E-state index is -0.391. The van der Waals surface area contributed by atoms with Crippen molar-refractivity contribution >= 4 is 17.3 Å². The smallest absolute Gasteiger partial charge is 0.339 e. The predicted octanol–water partition coefficient (Wildman–Crippen LogP) is 0.807. The maximum atomic E-state index is 11.4. The molecular formula is C13H19N3O2. The Bertz CT molecular complexity index is 440. The summed E-state index contributed by atoms with van der Waals surface area (Å²) >= 11 is 0. The van der Waals surface area contributed by atoms with Gasteiger partial charge in [-0.05, 0) is 25.2 Å². The molecule has 2 rings (SSSR count). The topological polar surface area (TPSA) is 58.8 Å². The van der Waals surface area contributed by atoms with Gasteiger partial charge in [0.15, 0.2) is 0 Å². The zero-order chi connectivity index (χ0) is 13.1. The molecule has 1 aliphatic heterocycles. The van der Waals surface area contributed by atoms with Crippen LogP contribution in [0.1, 0.15) is 10.4 Å². The van der Waals surface area contributed by atoms with E-state index in [1.165, 1.54) is 7.11 Å². The molecule has 1 saturated heterocycles. The number of benzene rings is 1. The second-order valence-electron chi connectivity index (χ2n) is 4.55. The molecule has 0 aliphatic carbocycles. The maximum Gasteiger partial charge on any atom is 0.339 e. The molecule has 5 nitrogen and oxygen atoms in total. The summed E-state index contributed by atoms with van der Waals surface area (Å²) in [5, 5.41) is 0. The monoisotopic (exact) mass is 249 g/mol. The number of hydrogen-bond donors (Lipinski definition) is 1. The third-order valence-electron chi connectivity index (χ3n) is 3.31. The lowest BCUT2D eigenvalue weighted by Crippen LogP contribution is -2.44. The second-order valence-corrected chi connectivity index (χ2v) is 4.55. The van der Waals surface area contributed by atoms with Crippen LogP contribution in [0.5, 0.6) is 0 Å². The van der Waals surface area contributed by atoms with E-state index in [9.17, 15) is 4.79 Å². The van der Waals surface area contributed by atoms with Gasteiger partial charge in [-0.25, -0.2) is 4.79 Å². The summed E-state index contributed by atoms with van der Waals surface area (Å²) < 4.78 is 4.68. The van der Waals surface area contributed by atoms with Crippen molar-refractivity contribution in [3.8, 4) is 0 Å². The van der Waals surface area contributed by atoms with Gasteiger partial charge in [0.05, 0.1) is 12.7 Å². The Morgan fingerprint density at radius 1 is 1.28 bits per heavy atom. The van der Waals surface area contributed by atoms with Crippen molar-refractivity contribution in [3.63, 3.8) is 0 Å². The summed E-state index contributed by atoms with van der Waals surface area (Å²) in [6, 6.07) is 5.50. The number of carbonyl (C=O) groups is 1. The number of carbonyl (C=O) groups excluding carboxylic acids is 1. The maximum absolute atomic E-state index is 11.4. The lowest BCUT2D eigenvalue weighted by molar-refractivity contribution is 0.0602. The van der Waals surface area contributed by atoms with Crippen LogP contribution in [0.25, 0.3) is 0 Å². The molecule has 5 heteroatoms. The molecule has 0 amide bonds. The number of nitrogen functional groups attached to an aromatic ring is 1. The van der Waals surface area contributed by atoms with Crippen molar-refractivity contribution in [2.45, 2.75) is 0 Å². The van der Waals surface area contributed by atoms with Crippen molar-refractivity contribution in [3.05, 3.63) is 23.8 Å². The van der Waals surface area contributed by atoms with Crippen LogP contribution < -0.4 is 10.6 Å². The summed E-state index contributed by atoms with van der Waals surface area (Å²) in [7, 11) is 3.47. The van der Waals surface area contributed by atoms with Gasteiger partial charge in [-0.3, -0.25) is 0 Å². The quantitative estimate of drug-likeness (QED) is 0.621. The summed E-state index contributed by atoms with van der Waals surface area (Å²) in [5.74, 6) is -0.391. The van der Waals surface area contributed by atoms with Crippen molar-refractivity contribution in [1.29, 1.82) is 0 Å². The fourth-order valence-corrected chi connectivity index (χ4v) is 2.11. The third kappa shape index (κ3) is 2.56. The number of anilines is 2. The zero-order valence-electron chi connectivity index (χ0n) is 10.8. The van der Waals surface area contributed by atoms with E-state index in [1.54, 1.807) is 6.07 Å². The van der Waals surface area contributed by atoms with Crippen LogP contribution in [0.4, 0.5) is 11.4 Å². The Labute approximate surface area is 107 Å². The molecule has 98 valence electrons. The largest absolute Gasteiger partial charge is 0.465 e. The highest BCUT2D eigenvalue weighted by atomic mass is 16.5. The highest BCUT2D eigenvalue weighted by Crippen LogP contribution is 2.23. The van der Waals surface area contributed by atoms with Gasteiger partial charge in [-0.2, -0.15) is 0 Å². The normalized spacial score (nSPS) is 16.7. The van der Waals surface area contributed by atoms with E-state index in [0.717, 1.165) is 31.9 Å². The fraction of sp³-hybridized carbons (Fsp3) is 0.462. The van der Waals surface area contributed by atoms with Crippen LogP contribution in [0.15, 0.2) is 18.2 Å². The first-order valence-corrected chi connectivity index (χ1v) is 6.03. The van der Waals surface area contributed by atoms with E-state index in [2.05, 4.69) is 21.6 Å². The van der Waals surface area contributed by atoms with Gasteiger partial charge < -0.3 is 20.3 Å². The lowest BCUT2D eigenvalue weighted by atomic mass is 10.1. The first kappa shape index (κ1) is 12.7. The average molecular weight is 249 g/mol. The lowest BCUT2D eigenvalue weighted by Gasteiger charge is -2.34. The molecule has 1 heterocycles. The van der Waals surface area contributed by atoms with Crippen LogP contribution in [-0.4, -0.2) is 51.2 Å². The van der Waals surface area contributed by atoms with E-state index >= 15 is 0 Å². The van der Waals surface area contributed by atoms with Gasteiger partial charge in [0.2, 0.25) is 0 Å².